The second-order valence-corrected chi connectivity index (χ2v) is 9.64. The minimum absolute atomic E-state index is 0.0678. The summed E-state index contributed by atoms with van der Waals surface area (Å²) < 4.78 is 5.21. The molecule has 3 aliphatic rings. The first-order valence-electron chi connectivity index (χ1n) is 12.5. The van der Waals surface area contributed by atoms with Crippen LogP contribution in [0.5, 0.6) is 5.75 Å². The second-order valence-electron chi connectivity index (χ2n) is 9.64. The Morgan fingerprint density at radius 3 is 2.50 bits per heavy atom. The highest BCUT2D eigenvalue weighted by Crippen LogP contribution is 2.42. The van der Waals surface area contributed by atoms with Gasteiger partial charge >= 0.3 is 6.03 Å². The summed E-state index contributed by atoms with van der Waals surface area (Å²) in [7, 11) is 1.63. The normalized spacial score (nSPS) is 24.9. The quantitative estimate of drug-likeness (QED) is 0.676. The molecule has 2 aliphatic heterocycles. The average molecular weight is 462 g/mol. The summed E-state index contributed by atoms with van der Waals surface area (Å²) in [4.78, 5) is 17.5. The van der Waals surface area contributed by atoms with Crippen molar-refractivity contribution in [2.45, 2.75) is 50.1 Å². The molecule has 0 radical (unpaired) electrons. The highest BCUT2D eigenvalue weighted by atomic mass is 16.5. The zero-order valence-corrected chi connectivity index (χ0v) is 20.0. The number of fused-ring (bicyclic) bond motifs is 1. The highest BCUT2D eigenvalue weighted by molar-refractivity contribution is 5.89. The fourth-order valence-corrected chi connectivity index (χ4v) is 5.85. The van der Waals surface area contributed by atoms with Gasteiger partial charge in [-0.15, -0.1) is 0 Å². The number of hydrogen-bond donors (Lipinski definition) is 2. The van der Waals surface area contributed by atoms with E-state index in [1.54, 1.807) is 7.11 Å². The van der Waals surface area contributed by atoms with E-state index < -0.39 is 0 Å². The van der Waals surface area contributed by atoms with Crippen molar-refractivity contribution in [1.29, 1.82) is 0 Å². The van der Waals surface area contributed by atoms with Crippen LogP contribution in [0.25, 0.3) is 5.57 Å². The molecule has 1 aliphatic carbocycles. The maximum atomic E-state index is 13.2. The van der Waals surface area contributed by atoms with Gasteiger partial charge in [0.1, 0.15) is 5.75 Å². The maximum Gasteiger partial charge on any atom is 0.321 e. The van der Waals surface area contributed by atoms with Crippen molar-refractivity contribution in [3.63, 3.8) is 0 Å². The van der Waals surface area contributed by atoms with Crippen LogP contribution in [-0.2, 0) is 0 Å². The van der Waals surface area contributed by atoms with Crippen molar-refractivity contribution in [2.24, 2.45) is 0 Å². The predicted molar refractivity (Wildman–Crippen MR) is 135 cm³/mol. The van der Waals surface area contributed by atoms with E-state index in [9.17, 15) is 9.90 Å². The first-order valence-corrected chi connectivity index (χ1v) is 12.5. The molecule has 6 heteroatoms. The molecule has 2 aromatic rings. The molecule has 0 bridgehead atoms. The Morgan fingerprint density at radius 2 is 1.82 bits per heavy atom. The Kier molecular flexibility index (Phi) is 6.88. The van der Waals surface area contributed by atoms with E-state index in [1.165, 1.54) is 29.5 Å². The number of amides is 2. The largest absolute Gasteiger partial charge is 0.497 e. The number of anilines is 1. The second kappa shape index (κ2) is 10.2. The van der Waals surface area contributed by atoms with Gasteiger partial charge in [-0.1, -0.05) is 30.3 Å². The van der Waals surface area contributed by atoms with Gasteiger partial charge in [0.2, 0.25) is 0 Å². The van der Waals surface area contributed by atoms with Gasteiger partial charge in [0.05, 0.1) is 13.7 Å². The van der Waals surface area contributed by atoms with Crippen molar-refractivity contribution in [2.75, 3.05) is 38.7 Å². The van der Waals surface area contributed by atoms with Gasteiger partial charge in [-0.2, -0.15) is 0 Å². The van der Waals surface area contributed by atoms with Crippen molar-refractivity contribution < 1.29 is 14.6 Å². The van der Waals surface area contributed by atoms with Gasteiger partial charge in [-0.05, 0) is 79.6 Å². The fraction of sp³-hybridized carbons (Fsp3) is 0.464. The first-order chi connectivity index (χ1) is 16.7. The molecule has 2 saturated heterocycles. The van der Waals surface area contributed by atoms with Crippen LogP contribution in [0, 0.1) is 0 Å². The molecule has 0 spiro atoms. The van der Waals surface area contributed by atoms with Gasteiger partial charge in [0.15, 0.2) is 0 Å². The molecule has 2 N–H and O–H groups in total. The standard InChI is InChI=1S/C28H35N3O3/c1-34-24-14-12-23(13-15-24)29-28(33)30-16-4-5-17-31-25(18-30)27(26(31)19-32)22-10-8-21(9-11-22)20-6-2-3-7-20/h6,8-15,25-27,32H,2-5,7,16-19H2,1H3,(H,29,33)/t25-,26-,27-/m1/s1. The highest BCUT2D eigenvalue weighted by Gasteiger charge is 2.49. The monoisotopic (exact) mass is 461 g/mol. The van der Waals surface area contributed by atoms with Crippen molar-refractivity contribution in [3.05, 3.63) is 65.7 Å². The summed E-state index contributed by atoms with van der Waals surface area (Å²) in [5.74, 6) is 0.994. The number of carbonyl (C=O) groups is 1. The third-order valence-corrected chi connectivity index (χ3v) is 7.71. The zero-order chi connectivity index (χ0) is 23.5. The van der Waals surface area contributed by atoms with E-state index in [-0.39, 0.29) is 30.6 Å². The number of hydrogen-bond acceptors (Lipinski definition) is 4. The lowest BCUT2D eigenvalue weighted by Gasteiger charge is -2.57. The molecule has 2 amide bonds. The minimum Gasteiger partial charge on any atom is -0.497 e. The van der Waals surface area contributed by atoms with Gasteiger partial charge in [0, 0.05) is 36.8 Å². The Hall–Kier alpha value is -2.83. The number of nitrogens with zero attached hydrogens (tertiary/aromatic N) is 2. The van der Waals surface area contributed by atoms with Gasteiger partial charge in [0.25, 0.3) is 0 Å². The number of aliphatic hydroxyl groups is 1. The maximum absolute atomic E-state index is 13.2. The molecule has 0 unspecified atom stereocenters. The topological polar surface area (TPSA) is 65.0 Å². The lowest BCUT2D eigenvalue weighted by molar-refractivity contribution is -0.0585. The number of rotatable bonds is 5. The number of urea groups is 1. The van der Waals surface area contributed by atoms with E-state index in [2.05, 4.69) is 40.6 Å². The van der Waals surface area contributed by atoms with Crippen LogP contribution in [0.3, 0.4) is 0 Å². The molecule has 0 saturated carbocycles. The minimum atomic E-state index is -0.0678. The first kappa shape index (κ1) is 22.9. The van der Waals surface area contributed by atoms with Crippen molar-refractivity contribution in [3.8, 4) is 5.75 Å². The molecular formula is C28H35N3O3. The summed E-state index contributed by atoms with van der Waals surface area (Å²) >= 11 is 0. The Morgan fingerprint density at radius 1 is 1.06 bits per heavy atom. The molecule has 3 atom stereocenters. The number of allylic oxidation sites excluding steroid dienone is 2. The average Bonchev–Trinajstić information content (AvgIpc) is 3.39. The molecule has 2 aromatic carbocycles. The van der Waals surface area contributed by atoms with Crippen LogP contribution in [-0.4, -0.2) is 66.4 Å². The van der Waals surface area contributed by atoms with Crippen LogP contribution in [0.2, 0.25) is 0 Å². The lowest BCUT2D eigenvalue weighted by Crippen LogP contribution is -2.68. The van der Waals surface area contributed by atoms with Gasteiger partial charge in [-0.3, -0.25) is 4.90 Å². The molecule has 6 nitrogen and oxygen atoms in total. The Labute approximate surface area is 202 Å². The molecule has 2 fully saturated rings. The molecule has 34 heavy (non-hydrogen) atoms. The Bertz CT molecular complexity index is 1020. The number of ether oxygens (including phenoxy) is 1. The molecule has 5 rings (SSSR count). The third kappa shape index (κ3) is 4.57. The smallest absolute Gasteiger partial charge is 0.321 e. The zero-order valence-electron chi connectivity index (χ0n) is 20.0. The number of aliphatic hydroxyl groups excluding tert-OH is 1. The SMILES string of the molecule is COc1ccc(NC(=O)N2CCCCN3[C@H](CO)[C@H](c4ccc(C5=CCCC5)cc4)[C@H]3C2)cc1. The summed E-state index contributed by atoms with van der Waals surface area (Å²) in [6.07, 6.45) is 7.93. The third-order valence-electron chi connectivity index (χ3n) is 7.71. The number of nitrogens with one attached hydrogen (secondary N) is 1. The van der Waals surface area contributed by atoms with Crippen LogP contribution in [0.4, 0.5) is 10.5 Å². The number of methoxy groups -OCH3 is 1. The Balaban J connectivity index is 1.31. The molecule has 0 aromatic heterocycles. The van der Waals surface area contributed by atoms with E-state index in [4.69, 9.17) is 4.74 Å². The summed E-state index contributed by atoms with van der Waals surface area (Å²) in [6.45, 7) is 2.53. The number of carbonyl (C=O) groups excluding carboxylic acids is 1. The summed E-state index contributed by atoms with van der Waals surface area (Å²) in [5.41, 5.74) is 4.79. The summed E-state index contributed by atoms with van der Waals surface area (Å²) in [6, 6.07) is 16.6. The van der Waals surface area contributed by atoms with Crippen LogP contribution in [0.1, 0.15) is 49.1 Å². The van der Waals surface area contributed by atoms with Crippen LogP contribution >= 0.6 is 0 Å². The van der Waals surface area contributed by atoms with Crippen LogP contribution in [0.15, 0.2) is 54.6 Å². The van der Waals surface area contributed by atoms with Crippen molar-refractivity contribution >= 4 is 17.3 Å². The molecule has 180 valence electrons. The van der Waals surface area contributed by atoms with Gasteiger partial charge in [-0.25, -0.2) is 4.79 Å². The predicted octanol–water partition coefficient (Wildman–Crippen LogP) is 4.72. The van der Waals surface area contributed by atoms with Gasteiger partial charge < -0.3 is 20.1 Å². The van der Waals surface area contributed by atoms with E-state index in [1.807, 2.05) is 29.2 Å². The van der Waals surface area contributed by atoms with E-state index >= 15 is 0 Å². The summed E-state index contributed by atoms with van der Waals surface area (Å²) in [5, 5.41) is 13.3. The number of benzene rings is 2. The van der Waals surface area contributed by atoms with E-state index in [0.717, 1.165) is 43.8 Å². The molecular weight excluding hydrogens is 426 g/mol. The van der Waals surface area contributed by atoms with Crippen LogP contribution < -0.4 is 10.1 Å². The fourth-order valence-electron chi connectivity index (χ4n) is 5.85. The molecule has 2 heterocycles. The van der Waals surface area contributed by atoms with Crippen molar-refractivity contribution in [1.82, 2.24) is 9.80 Å². The van der Waals surface area contributed by atoms with E-state index in [0.29, 0.717) is 6.54 Å². The lowest BCUT2D eigenvalue weighted by atomic mass is 9.74.